The van der Waals surface area contributed by atoms with E-state index in [4.69, 9.17) is 9.47 Å². The minimum absolute atomic E-state index is 0.150. The number of benzene rings is 2. The first kappa shape index (κ1) is 21.0. The smallest absolute Gasteiger partial charge is 0.251 e. The third-order valence-electron chi connectivity index (χ3n) is 4.64. The quantitative estimate of drug-likeness (QED) is 0.435. The molecule has 0 fully saturated rings. The van der Waals surface area contributed by atoms with Gasteiger partial charge in [-0.3, -0.25) is 4.79 Å². The molecule has 2 aromatic carbocycles. The molecule has 0 radical (unpaired) electrons. The molecule has 0 aliphatic heterocycles. The monoisotopic (exact) mass is 429 g/mol. The zero-order valence-electron chi connectivity index (χ0n) is 17.6. The van der Waals surface area contributed by atoms with Crippen molar-refractivity contribution in [1.82, 2.24) is 25.1 Å². The Kier molecular flexibility index (Phi) is 6.72. The van der Waals surface area contributed by atoms with Gasteiger partial charge in [-0.2, -0.15) is 5.10 Å². The summed E-state index contributed by atoms with van der Waals surface area (Å²) in [5.41, 5.74) is 2.52. The zero-order valence-corrected chi connectivity index (χ0v) is 17.6. The van der Waals surface area contributed by atoms with E-state index in [2.05, 4.69) is 20.4 Å². The van der Waals surface area contributed by atoms with Gasteiger partial charge in [0, 0.05) is 24.4 Å². The highest BCUT2D eigenvalue weighted by Gasteiger charge is 2.07. The fourth-order valence-electron chi connectivity index (χ4n) is 3.05. The largest absolute Gasteiger partial charge is 0.494 e. The van der Waals surface area contributed by atoms with Gasteiger partial charge < -0.3 is 14.8 Å². The van der Waals surface area contributed by atoms with Gasteiger partial charge in [0.1, 0.15) is 24.2 Å². The number of hydrogen-bond donors (Lipinski definition) is 1. The summed E-state index contributed by atoms with van der Waals surface area (Å²) in [6.45, 7) is 3.52. The number of nitrogens with one attached hydrogen (secondary N) is 1. The van der Waals surface area contributed by atoms with E-state index in [-0.39, 0.29) is 5.91 Å². The predicted molar refractivity (Wildman–Crippen MR) is 119 cm³/mol. The van der Waals surface area contributed by atoms with Crippen molar-refractivity contribution >= 4 is 5.91 Å². The van der Waals surface area contributed by atoms with Crippen LogP contribution in [-0.4, -0.2) is 32.3 Å². The second kappa shape index (κ2) is 10.2. The van der Waals surface area contributed by atoms with Crippen LogP contribution in [0, 0.1) is 0 Å². The molecule has 162 valence electrons. The molecule has 1 amide bonds. The first-order valence-electron chi connectivity index (χ1n) is 10.2. The van der Waals surface area contributed by atoms with Crippen molar-refractivity contribution in [3.05, 3.63) is 96.2 Å². The zero-order chi connectivity index (χ0) is 22.2. The molecule has 0 saturated carbocycles. The van der Waals surface area contributed by atoms with Gasteiger partial charge >= 0.3 is 0 Å². The summed E-state index contributed by atoms with van der Waals surface area (Å²) in [5, 5.41) is 7.01. The number of carbonyl (C=O) groups excluding carboxylic acids is 1. The molecule has 0 atom stereocenters. The SMILES string of the molecule is CCOc1ccc(Oc2cc(CNC(=O)c3ccc(Cn4cncn4)cc3)ccn2)cc1. The van der Waals surface area contributed by atoms with Crippen LogP contribution in [0.1, 0.15) is 28.4 Å². The molecular formula is C24H23N5O3. The van der Waals surface area contributed by atoms with E-state index in [0.717, 1.165) is 16.9 Å². The molecule has 0 bridgehead atoms. The normalized spacial score (nSPS) is 10.5. The Hall–Kier alpha value is -4.20. The molecule has 0 aliphatic carbocycles. The van der Waals surface area contributed by atoms with Gasteiger partial charge in [-0.05, 0) is 60.5 Å². The van der Waals surface area contributed by atoms with Crippen molar-refractivity contribution in [1.29, 1.82) is 0 Å². The van der Waals surface area contributed by atoms with E-state index in [1.807, 2.05) is 49.4 Å². The first-order chi connectivity index (χ1) is 15.7. The van der Waals surface area contributed by atoms with E-state index < -0.39 is 0 Å². The Morgan fingerprint density at radius 2 is 1.78 bits per heavy atom. The highest BCUT2D eigenvalue weighted by molar-refractivity contribution is 5.94. The maximum absolute atomic E-state index is 12.5. The summed E-state index contributed by atoms with van der Waals surface area (Å²) in [6.07, 6.45) is 4.81. The van der Waals surface area contributed by atoms with E-state index in [0.29, 0.717) is 36.9 Å². The highest BCUT2D eigenvalue weighted by atomic mass is 16.5. The molecule has 4 rings (SSSR count). The fraction of sp³-hybridized carbons (Fsp3) is 0.167. The molecule has 1 N–H and O–H groups in total. The second-order valence-electron chi connectivity index (χ2n) is 6.98. The number of ether oxygens (including phenoxy) is 2. The van der Waals surface area contributed by atoms with Crippen molar-refractivity contribution in [2.75, 3.05) is 6.61 Å². The predicted octanol–water partition coefficient (Wildman–Crippen LogP) is 3.84. The lowest BCUT2D eigenvalue weighted by atomic mass is 10.1. The third-order valence-corrected chi connectivity index (χ3v) is 4.64. The van der Waals surface area contributed by atoms with E-state index in [1.54, 1.807) is 35.4 Å². The van der Waals surface area contributed by atoms with Crippen LogP contribution in [-0.2, 0) is 13.1 Å². The fourth-order valence-corrected chi connectivity index (χ4v) is 3.05. The molecule has 8 nitrogen and oxygen atoms in total. The molecule has 0 unspecified atom stereocenters. The Morgan fingerprint density at radius 1 is 1.00 bits per heavy atom. The summed E-state index contributed by atoms with van der Waals surface area (Å²) in [5.74, 6) is 1.75. The average molecular weight is 429 g/mol. The standard InChI is InChI=1S/C24H23N5O3/c1-2-31-21-7-9-22(10-8-21)32-23-13-19(11-12-26-23)14-27-24(30)20-5-3-18(4-6-20)15-29-17-25-16-28-29/h3-13,16-17H,2,14-15H2,1H3,(H,27,30). The van der Waals surface area contributed by atoms with Gasteiger partial charge in [0.15, 0.2) is 0 Å². The molecule has 32 heavy (non-hydrogen) atoms. The molecule has 2 aromatic heterocycles. The van der Waals surface area contributed by atoms with Gasteiger partial charge in [-0.1, -0.05) is 12.1 Å². The van der Waals surface area contributed by atoms with Crippen LogP contribution in [0.3, 0.4) is 0 Å². The third kappa shape index (κ3) is 5.69. The number of amides is 1. The highest BCUT2D eigenvalue weighted by Crippen LogP contribution is 2.23. The molecule has 0 aliphatic rings. The minimum Gasteiger partial charge on any atom is -0.494 e. The van der Waals surface area contributed by atoms with E-state index >= 15 is 0 Å². The van der Waals surface area contributed by atoms with Crippen LogP contribution in [0.15, 0.2) is 79.5 Å². The average Bonchev–Trinajstić information content (AvgIpc) is 3.33. The van der Waals surface area contributed by atoms with Gasteiger partial charge in [-0.15, -0.1) is 0 Å². The lowest BCUT2D eigenvalue weighted by Crippen LogP contribution is -2.22. The summed E-state index contributed by atoms with van der Waals surface area (Å²) in [6, 6.07) is 18.4. The first-order valence-corrected chi connectivity index (χ1v) is 10.2. The number of aromatic nitrogens is 4. The number of rotatable bonds is 9. The van der Waals surface area contributed by atoms with Gasteiger partial charge in [0.25, 0.3) is 5.91 Å². The van der Waals surface area contributed by atoms with Crippen LogP contribution in [0.4, 0.5) is 0 Å². The lowest BCUT2D eigenvalue weighted by Gasteiger charge is -2.09. The summed E-state index contributed by atoms with van der Waals surface area (Å²) in [7, 11) is 0. The van der Waals surface area contributed by atoms with E-state index in [9.17, 15) is 4.79 Å². The van der Waals surface area contributed by atoms with Crippen molar-refractivity contribution in [2.45, 2.75) is 20.0 Å². The molecule has 8 heteroatoms. The number of carbonyl (C=O) groups is 1. The maximum Gasteiger partial charge on any atom is 0.251 e. The van der Waals surface area contributed by atoms with Crippen LogP contribution in [0.5, 0.6) is 17.4 Å². The summed E-state index contributed by atoms with van der Waals surface area (Å²) < 4.78 is 13.0. The van der Waals surface area contributed by atoms with E-state index in [1.165, 1.54) is 6.33 Å². The number of hydrogen-bond acceptors (Lipinski definition) is 6. The van der Waals surface area contributed by atoms with Crippen LogP contribution in [0.25, 0.3) is 0 Å². The summed E-state index contributed by atoms with van der Waals surface area (Å²) in [4.78, 5) is 20.7. The number of pyridine rings is 1. The molecule has 4 aromatic rings. The lowest BCUT2D eigenvalue weighted by molar-refractivity contribution is 0.0951. The Morgan fingerprint density at radius 3 is 2.50 bits per heavy atom. The Balaban J connectivity index is 1.32. The van der Waals surface area contributed by atoms with Crippen molar-refractivity contribution in [3.8, 4) is 17.4 Å². The van der Waals surface area contributed by atoms with Crippen LogP contribution >= 0.6 is 0 Å². The minimum atomic E-state index is -0.150. The van der Waals surface area contributed by atoms with Crippen LogP contribution in [0.2, 0.25) is 0 Å². The van der Waals surface area contributed by atoms with Crippen molar-refractivity contribution in [2.24, 2.45) is 0 Å². The topological polar surface area (TPSA) is 91.2 Å². The summed E-state index contributed by atoms with van der Waals surface area (Å²) >= 11 is 0. The molecule has 0 spiro atoms. The van der Waals surface area contributed by atoms with Gasteiger partial charge in [0.2, 0.25) is 5.88 Å². The maximum atomic E-state index is 12.5. The van der Waals surface area contributed by atoms with Gasteiger partial charge in [-0.25, -0.2) is 14.6 Å². The second-order valence-corrected chi connectivity index (χ2v) is 6.98. The van der Waals surface area contributed by atoms with Gasteiger partial charge in [0.05, 0.1) is 13.2 Å². The molecular weight excluding hydrogens is 406 g/mol. The number of nitrogens with zero attached hydrogens (tertiary/aromatic N) is 4. The Labute approximate surface area is 185 Å². The van der Waals surface area contributed by atoms with Crippen molar-refractivity contribution < 1.29 is 14.3 Å². The van der Waals surface area contributed by atoms with Crippen molar-refractivity contribution in [3.63, 3.8) is 0 Å². The molecule has 0 saturated heterocycles. The van der Waals surface area contributed by atoms with Crippen LogP contribution < -0.4 is 14.8 Å². The molecule has 2 heterocycles. The Bertz CT molecular complexity index is 1140.